The maximum Gasteiger partial charge on any atom is 0.172 e. The number of hydrogen-bond acceptors (Lipinski definition) is 3. The van der Waals surface area contributed by atoms with Crippen molar-refractivity contribution in [3.8, 4) is 0 Å². The second kappa shape index (κ2) is 3.70. The second-order valence-corrected chi connectivity index (χ2v) is 8.01. The van der Waals surface area contributed by atoms with E-state index in [2.05, 4.69) is 0 Å². The van der Waals surface area contributed by atoms with Crippen LogP contribution in [0.3, 0.4) is 0 Å². The summed E-state index contributed by atoms with van der Waals surface area (Å²) in [6, 6.07) is 8.82. The molecule has 0 heterocycles. The summed E-state index contributed by atoms with van der Waals surface area (Å²) in [6.45, 7) is 0. The van der Waals surface area contributed by atoms with Gasteiger partial charge in [-0.1, -0.05) is 30.3 Å². The first-order chi connectivity index (χ1) is 5.17. The highest BCUT2D eigenvalue weighted by Gasteiger charge is 2.14. The highest BCUT2D eigenvalue weighted by atomic mass is 32.9. The summed E-state index contributed by atoms with van der Waals surface area (Å²) in [7, 11) is 0. The first kappa shape index (κ1) is 9.23. The zero-order valence-corrected chi connectivity index (χ0v) is 8.07. The largest absolute Gasteiger partial charge is 0.353 e. The van der Waals surface area contributed by atoms with E-state index in [1.165, 1.54) is 0 Å². The zero-order chi connectivity index (χ0) is 8.32. The third kappa shape index (κ3) is 2.29. The normalized spacial score (nSPS) is 15.8. The van der Waals surface area contributed by atoms with Gasteiger partial charge in [-0.3, -0.25) is 0 Å². The Balaban J connectivity index is 3.03. The van der Waals surface area contributed by atoms with E-state index >= 15 is 0 Å². The quantitative estimate of drug-likeness (QED) is 0.572. The summed E-state index contributed by atoms with van der Waals surface area (Å²) in [5.74, 6) is 0. The molecule has 0 saturated carbocycles. The van der Waals surface area contributed by atoms with Crippen LogP contribution < -0.4 is 5.30 Å². The van der Waals surface area contributed by atoms with Gasteiger partial charge in [-0.2, -0.15) is 0 Å². The molecule has 0 bridgehead atoms. The average Bonchev–Trinajstić information content (AvgIpc) is 2.06. The van der Waals surface area contributed by atoms with Crippen LogP contribution in [-0.2, 0) is 11.8 Å². The van der Waals surface area contributed by atoms with Crippen LogP contribution in [0.2, 0.25) is 0 Å². The van der Waals surface area contributed by atoms with Crippen LogP contribution in [0.15, 0.2) is 30.3 Å². The van der Waals surface area contributed by atoms with Crippen molar-refractivity contribution >= 4 is 34.2 Å². The third-order valence-corrected chi connectivity index (χ3v) is 4.89. The summed E-state index contributed by atoms with van der Waals surface area (Å²) in [4.78, 5) is 9.43. The molecular formula is C6H7O2PS2. The molecule has 60 valence electrons. The van der Waals surface area contributed by atoms with Gasteiger partial charge in [0.25, 0.3) is 0 Å². The molecule has 0 amide bonds. The fourth-order valence-corrected chi connectivity index (χ4v) is 2.32. The summed E-state index contributed by atoms with van der Waals surface area (Å²) >= 11 is 5.15. The smallest absolute Gasteiger partial charge is 0.172 e. The fraction of sp³-hybridized carbons (Fsp3) is 0. The van der Waals surface area contributed by atoms with Gasteiger partial charge >= 0.3 is 0 Å². The molecule has 2 N–H and O–H groups in total. The van der Waals surface area contributed by atoms with Crippen molar-refractivity contribution in [2.45, 2.75) is 0 Å². The van der Waals surface area contributed by atoms with Gasteiger partial charge in [0, 0.05) is 5.30 Å². The summed E-state index contributed by atoms with van der Waals surface area (Å²) < 4.78 is 8.66. The minimum atomic E-state index is -2.72. The van der Waals surface area contributed by atoms with Crippen LogP contribution in [-0.4, -0.2) is 9.45 Å². The molecule has 0 aliphatic rings. The van der Waals surface area contributed by atoms with Crippen molar-refractivity contribution in [1.82, 2.24) is 0 Å². The van der Waals surface area contributed by atoms with E-state index in [0.717, 1.165) is 0 Å². The SMILES string of the molecule is OSP(O)(=S)c1ccccc1. The number of hydrogen-bond donors (Lipinski definition) is 2. The lowest BCUT2D eigenvalue weighted by atomic mass is 10.4. The molecule has 1 aromatic rings. The second-order valence-electron chi connectivity index (χ2n) is 1.94. The highest BCUT2D eigenvalue weighted by Crippen LogP contribution is 2.51. The average molecular weight is 206 g/mol. The van der Waals surface area contributed by atoms with Crippen molar-refractivity contribution in [1.29, 1.82) is 0 Å². The Morgan fingerprint density at radius 1 is 1.27 bits per heavy atom. The van der Waals surface area contributed by atoms with Crippen LogP contribution in [0, 0.1) is 0 Å². The monoisotopic (exact) mass is 206 g/mol. The van der Waals surface area contributed by atoms with Crippen molar-refractivity contribution in [3.05, 3.63) is 30.3 Å². The topological polar surface area (TPSA) is 40.5 Å². The van der Waals surface area contributed by atoms with E-state index in [1.54, 1.807) is 24.3 Å². The van der Waals surface area contributed by atoms with Crippen LogP contribution in [0.5, 0.6) is 0 Å². The number of benzene rings is 1. The Labute approximate surface area is 74.3 Å². The molecule has 1 unspecified atom stereocenters. The van der Waals surface area contributed by atoms with Crippen LogP contribution in [0.25, 0.3) is 0 Å². The van der Waals surface area contributed by atoms with Crippen molar-refractivity contribution < 1.29 is 9.45 Å². The maximum absolute atomic E-state index is 9.43. The maximum atomic E-state index is 9.43. The lowest BCUT2D eigenvalue weighted by Gasteiger charge is -2.09. The molecule has 0 fully saturated rings. The highest BCUT2D eigenvalue weighted by molar-refractivity contribution is 8.69. The molecule has 0 aliphatic carbocycles. The molecule has 2 nitrogen and oxygen atoms in total. The Morgan fingerprint density at radius 3 is 2.27 bits per heavy atom. The lowest BCUT2D eigenvalue weighted by molar-refractivity contribution is 0.634. The lowest BCUT2D eigenvalue weighted by Crippen LogP contribution is -1.98. The first-order valence-electron chi connectivity index (χ1n) is 2.88. The molecule has 0 spiro atoms. The zero-order valence-electron chi connectivity index (χ0n) is 5.54. The van der Waals surface area contributed by atoms with Gasteiger partial charge in [-0.05, 0) is 11.8 Å². The van der Waals surface area contributed by atoms with Crippen molar-refractivity contribution in [3.63, 3.8) is 0 Å². The Hall–Kier alpha value is 0.140. The Kier molecular flexibility index (Phi) is 3.10. The van der Waals surface area contributed by atoms with Crippen molar-refractivity contribution in [2.75, 3.05) is 0 Å². The molecule has 1 aromatic carbocycles. The molecule has 0 saturated heterocycles. The Morgan fingerprint density at radius 2 is 1.82 bits per heavy atom. The summed E-state index contributed by atoms with van der Waals surface area (Å²) in [5.41, 5.74) is -2.72. The fourth-order valence-electron chi connectivity index (χ4n) is 0.664. The molecule has 1 rings (SSSR count). The van der Waals surface area contributed by atoms with Gasteiger partial charge in [0.1, 0.15) is 0 Å². The van der Waals surface area contributed by atoms with E-state index in [1.807, 2.05) is 6.07 Å². The van der Waals surface area contributed by atoms with E-state index in [0.29, 0.717) is 17.0 Å². The molecule has 0 aromatic heterocycles. The molecule has 0 radical (unpaired) electrons. The minimum Gasteiger partial charge on any atom is -0.353 e. The van der Waals surface area contributed by atoms with E-state index in [9.17, 15) is 4.89 Å². The summed E-state index contributed by atoms with van der Waals surface area (Å²) in [5, 5.41) is 0.627. The first-order valence-corrected chi connectivity index (χ1v) is 7.02. The van der Waals surface area contributed by atoms with Gasteiger partial charge in [0.15, 0.2) is 5.47 Å². The van der Waals surface area contributed by atoms with Gasteiger partial charge in [0.2, 0.25) is 0 Å². The Bertz CT molecular complexity index is 275. The minimum absolute atomic E-state index is 0.362. The number of rotatable bonds is 2. The van der Waals surface area contributed by atoms with Gasteiger partial charge < -0.3 is 9.45 Å². The van der Waals surface area contributed by atoms with Gasteiger partial charge in [0.05, 0.1) is 11.7 Å². The van der Waals surface area contributed by atoms with Crippen LogP contribution >= 0.6 is 17.1 Å². The van der Waals surface area contributed by atoms with Crippen LogP contribution in [0.4, 0.5) is 0 Å². The predicted molar refractivity (Wildman–Crippen MR) is 52.8 cm³/mol. The van der Waals surface area contributed by atoms with E-state index < -0.39 is 5.47 Å². The van der Waals surface area contributed by atoms with Gasteiger partial charge in [-0.15, -0.1) is 0 Å². The molecule has 1 atom stereocenters. The molecular weight excluding hydrogens is 199 g/mol. The molecule has 0 aliphatic heterocycles. The van der Waals surface area contributed by atoms with Gasteiger partial charge in [-0.25, -0.2) is 0 Å². The van der Waals surface area contributed by atoms with E-state index in [4.69, 9.17) is 16.4 Å². The predicted octanol–water partition coefficient (Wildman–Crippen LogP) is 1.82. The van der Waals surface area contributed by atoms with Crippen LogP contribution in [0.1, 0.15) is 0 Å². The molecule has 11 heavy (non-hydrogen) atoms. The summed E-state index contributed by atoms with van der Waals surface area (Å²) in [6.07, 6.45) is 0. The third-order valence-electron chi connectivity index (χ3n) is 1.19. The molecule has 5 heteroatoms. The standard InChI is InChI=1S/C6H7O2PS2/c7-9(10,11-8)6-4-2-1-3-5-6/h1-5,8H,(H,7,10). The van der Waals surface area contributed by atoms with Crippen molar-refractivity contribution in [2.24, 2.45) is 0 Å². The van der Waals surface area contributed by atoms with E-state index in [-0.39, 0.29) is 0 Å².